The van der Waals surface area contributed by atoms with E-state index in [9.17, 15) is 0 Å². The van der Waals surface area contributed by atoms with Crippen molar-refractivity contribution in [3.05, 3.63) is 34.9 Å². The standard InChI is InChI=1S/C13H21ClN2.ClH/c1-4-12(16(2)3)10-15-9-11-7-5-6-8-13(11)14;/h5-8,12,15H,4,9-10H2,1-3H3;1H. The molecule has 17 heavy (non-hydrogen) atoms. The van der Waals surface area contributed by atoms with Crippen LogP contribution in [0.15, 0.2) is 24.3 Å². The summed E-state index contributed by atoms with van der Waals surface area (Å²) in [5.74, 6) is 0. The molecule has 0 saturated carbocycles. The molecular formula is C13H22Cl2N2. The van der Waals surface area contributed by atoms with Gasteiger partial charge in [-0.2, -0.15) is 0 Å². The SMILES string of the molecule is CCC(CNCc1ccccc1Cl)N(C)C.Cl. The monoisotopic (exact) mass is 276 g/mol. The molecule has 1 unspecified atom stereocenters. The molecule has 0 bridgehead atoms. The highest BCUT2D eigenvalue weighted by atomic mass is 35.5. The fourth-order valence-electron chi connectivity index (χ4n) is 1.71. The number of nitrogens with one attached hydrogen (secondary N) is 1. The van der Waals surface area contributed by atoms with Crippen molar-refractivity contribution in [3.63, 3.8) is 0 Å². The van der Waals surface area contributed by atoms with Crippen molar-refractivity contribution in [1.82, 2.24) is 10.2 Å². The quantitative estimate of drug-likeness (QED) is 0.859. The maximum atomic E-state index is 6.09. The summed E-state index contributed by atoms with van der Waals surface area (Å²) in [5.41, 5.74) is 1.16. The van der Waals surface area contributed by atoms with E-state index < -0.39 is 0 Å². The summed E-state index contributed by atoms with van der Waals surface area (Å²) in [6.45, 7) is 4.04. The fraction of sp³-hybridized carbons (Fsp3) is 0.538. The van der Waals surface area contributed by atoms with Crippen molar-refractivity contribution in [2.24, 2.45) is 0 Å². The van der Waals surface area contributed by atoms with Gasteiger partial charge in [-0.05, 0) is 32.1 Å². The third kappa shape index (κ3) is 5.73. The van der Waals surface area contributed by atoms with Crippen LogP contribution in [0.1, 0.15) is 18.9 Å². The lowest BCUT2D eigenvalue weighted by atomic mass is 10.2. The second-order valence-electron chi connectivity index (χ2n) is 4.25. The molecule has 0 fully saturated rings. The van der Waals surface area contributed by atoms with Crippen LogP contribution in [0.5, 0.6) is 0 Å². The Labute approximate surface area is 116 Å². The third-order valence-corrected chi connectivity index (χ3v) is 3.22. The van der Waals surface area contributed by atoms with E-state index in [1.807, 2.05) is 18.2 Å². The number of likely N-dealkylation sites (N-methyl/N-ethyl adjacent to an activating group) is 1. The third-order valence-electron chi connectivity index (χ3n) is 2.85. The van der Waals surface area contributed by atoms with E-state index in [0.29, 0.717) is 6.04 Å². The molecule has 98 valence electrons. The Morgan fingerprint density at radius 2 is 1.94 bits per heavy atom. The van der Waals surface area contributed by atoms with Crippen LogP contribution in [0.4, 0.5) is 0 Å². The van der Waals surface area contributed by atoms with Crippen LogP contribution in [0.3, 0.4) is 0 Å². The Morgan fingerprint density at radius 1 is 1.29 bits per heavy atom. The Morgan fingerprint density at radius 3 is 2.47 bits per heavy atom. The van der Waals surface area contributed by atoms with E-state index >= 15 is 0 Å². The van der Waals surface area contributed by atoms with E-state index in [-0.39, 0.29) is 12.4 Å². The zero-order valence-electron chi connectivity index (χ0n) is 10.7. The maximum Gasteiger partial charge on any atom is 0.0450 e. The van der Waals surface area contributed by atoms with Gasteiger partial charge in [0.25, 0.3) is 0 Å². The Balaban J connectivity index is 0.00000256. The second kappa shape index (κ2) is 8.76. The number of nitrogens with zero attached hydrogens (tertiary/aromatic N) is 1. The second-order valence-corrected chi connectivity index (χ2v) is 4.66. The first-order valence-corrected chi connectivity index (χ1v) is 6.13. The summed E-state index contributed by atoms with van der Waals surface area (Å²) < 4.78 is 0. The molecule has 0 aliphatic carbocycles. The summed E-state index contributed by atoms with van der Waals surface area (Å²) in [7, 11) is 4.23. The van der Waals surface area contributed by atoms with Gasteiger partial charge in [-0.3, -0.25) is 0 Å². The van der Waals surface area contributed by atoms with Gasteiger partial charge in [-0.1, -0.05) is 36.7 Å². The van der Waals surface area contributed by atoms with E-state index in [0.717, 1.165) is 30.1 Å². The van der Waals surface area contributed by atoms with Gasteiger partial charge in [0.15, 0.2) is 0 Å². The fourth-order valence-corrected chi connectivity index (χ4v) is 1.91. The predicted octanol–water partition coefficient (Wildman–Crippen LogP) is 3.19. The van der Waals surface area contributed by atoms with E-state index in [2.05, 4.69) is 37.3 Å². The lowest BCUT2D eigenvalue weighted by Gasteiger charge is -2.23. The predicted molar refractivity (Wildman–Crippen MR) is 78.2 cm³/mol. The highest BCUT2D eigenvalue weighted by Gasteiger charge is 2.07. The number of benzene rings is 1. The van der Waals surface area contributed by atoms with Crippen molar-refractivity contribution in [3.8, 4) is 0 Å². The minimum Gasteiger partial charge on any atom is -0.311 e. The molecule has 0 heterocycles. The molecule has 0 spiro atoms. The lowest BCUT2D eigenvalue weighted by Crippen LogP contribution is -2.37. The van der Waals surface area contributed by atoms with E-state index in [1.165, 1.54) is 0 Å². The lowest BCUT2D eigenvalue weighted by molar-refractivity contribution is 0.276. The largest absolute Gasteiger partial charge is 0.311 e. The number of rotatable bonds is 6. The van der Waals surface area contributed by atoms with Crippen molar-refractivity contribution in [2.75, 3.05) is 20.6 Å². The molecule has 2 nitrogen and oxygen atoms in total. The minimum absolute atomic E-state index is 0. The van der Waals surface area contributed by atoms with Gasteiger partial charge in [-0.25, -0.2) is 0 Å². The molecule has 1 rings (SSSR count). The van der Waals surface area contributed by atoms with Crippen molar-refractivity contribution >= 4 is 24.0 Å². The Hall–Kier alpha value is -0.280. The molecule has 0 radical (unpaired) electrons. The first-order chi connectivity index (χ1) is 7.65. The highest BCUT2D eigenvalue weighted by molar-refractivity contribution is 6.31. The van der Waals surface area contributed by atoms with E-state index in [4.69, 9.17) is 11.6 Å². The average Bonchev–Trinajstić information content (AvgIpc) is 2.26. The molecular weight excluding hydrogens is 255 g/mol. The molecule has 1 aromatic carbocycles. The van der Waals surface area contributed by atoms with Crippen molar-refractivity contribution < 1.29 is 0 Å². The van der Waals surface area contributed by atoms with Gasteiger partial charge in [-0.15, -0.1) is 12.4 Å². The molecule has 0 aliphatic heterocycles. The smallest absolute Gasteiger partial charge is 0.0450 e. The normalized spacial score (nSPS) is 12.3. The van der Waals surface area contributed by atoms with Crippen LogP contribution >= 0.6 is 24.0 Å². The average molecular weight is 277 g/mol. The summed E-state index contributed by atoms with van der Waals surface area (Å²) in [4.78, 5) is 2.25. The molecule has 1 aromatic rings. The van der Waals surface area contributed by atoms with E-state index in [1.54, 1.807) is 0 Å². The topological polar surface area (TPSA) is 15.3 Å². The number of hydrogen-bond acceptors (Lipinski definition) is 2. The van der Waals surface area contributed by atoms with Crippen LogP contribution in [-0.4, -0.2) is 31.6 Å². The first kappa shape index (κ1) is 16.7. The molecule has 1 atom stereocenters. The van der Waals surface area contributed by atoms with Gasteiger partial charge in [0, 0.05) is 24.2 Å². The molecule has 0 aromatic heterocycles. The molecule has 1 N–H and O–H groups in total. The van der Waals surface area contributed by atoms with Gasteiger partial charge in [0.1, 0.15) is 0 Å². The van der Waals surface area contributed by atoms with Gasteiger partial charge < -0.3 is 10.2 Å². The summed E-state index contributed by atoms with van der Waals surface area (Å²) >= 11 is 6.09. The number of hydrogen-bond donors (Lipinski definition) is 1. The molecule has 0 aliphatic rings. The van der Waals surface area contributed by atoms with Crippen LogP contribution in [0.2, 0.25) is 5.02 Å². The Bertz CT molecular complexity index is 316. The van der Waals surface area contributed by atoms with Crippen molar-refractivity contribution in [1.29, 1.82) is 0 Å². The first-order valence-electron chi connectivity index (χ1n) is 5.75. The number of halogens is 2. The van der Waals surface area contributed by atoms with Crippen LogP contribution in [0.25, 0.3) is 0 Å². The van der Waals surface area contributed by atoms with Gasteiger partial charge >= 0.3 is 0 Å². The molecule has 0 saturated heterocycles. The highest BCUT2D eigenvalue weighted by Crippen LogP contribution is 2.14. The zero-order chi connectivity index (χ0) is 12.0. The van der Waals surface area contributed by atoms with Crippen LogP contribution < -0.4 is 5.32 Å². The van der Waals surface area contributed by atoms with Crippen LogP contribution in [-0.2, 0) is 6.54 Å². The van der Waals surface area contributed by atoms with Gasteiger partial charge in [0.2, 0.25) is 0 Å². The van der Waals surface area contributed by atoms with Gasteiger partial charge in [0.05, 0.1) is 0 Å². The summed E-state index contributed by atoms with van der Waals surface area (Å²) in [5, 5.41) is 4.29. The summed E-state index contributed by atoms with van der Waals surface area (Å²) in [6, 6.07) is 8.56. The Kier molecular flexibility index (Phi) is 8.61. The minimum atomic E-state index is 0. The van der Waals surface area contributed by atoms with Crippen molar-refractivity contribution in [2.45, 2.75) is 25.9 Å². The molecule has 4 heteroatoms. The maximum absolute atomic E-state index is 6.09. The van der Waals surface area contributed by atoms with Crippen LogP contribution in [0, 0.1) is 0 Å². The summed E-state index contributed by atoms with van der Waals surface area (Å²) in [6.07, 6.45) is 1.16. The zero-order valence-corrected chi connectivity index (χ0v) is 12.3. The molecule has 0 amide bonds.